The number of aryl methyl sites for hydroxylation is 1. The largest absolute Gasteiger partial charge is 0.417 e. The smallest absolute Gasteiger partial charge is 0.331 e. The maximum absolute atomic E-state index is 12.7. The van der Waals surface area contributed by atoms with Crippen LogP contribution < -0.4 is 0 Å². The molecule has 2 aromatic rings. The van der Waals surface area contributed by atoms with Crippen LogP contribution >= 0.6 is 0 Å². The number of carbonyl (C=O) groups excluding carboxylic acids is 1. The molecule has 2 heterocycles. The molecule has 0 saturated carbocycles. The third-order valence-electron chi connectivity index (χ3n) is 2.40. The summed E-state index contributed by atoms with van der Waals surface area (Å²) in [5, 5.41) is 0. The van der Waals surface area contributed by atoms with Gasteiger partial charge in [0.15, 0.2) is 5.82 Å². The molecule has 0 fully saturated rings. The van der Waals surface area contributed by atoms with E-state index in [-0.39, 0.29) is 5.82 Å². The number of hydrogen-bond acceptors (Lipinski definition) is 3. The zero-order chi connectivity index (χ0) is 13.3. The summed E-state index contributed by atoms with van der Waals surface area (Å²) < 4.78 is 39.6. The number of carbonyl (C=O) groups is 1. The molecule has 18 heavy (non-hydrogen) atoms. The predicted molar refractivity (Wildman–Crippen MR) is 55.9 cm³/mol. The lowest BCUT2D eigenvalue weighted by Gasteiger charge is -2.10. The third-order valence-corrected chi connectivity index (χ3v) is 2.40. The summed E-state index contributed by atoms with van der Waals surface area (Å²) in [5.74, 6) is -0.864. The Labute approximate surface area is 100 Å². The van der Waals surface area contributed by atoms with Crippen molar-refractivity contribution in [3.63, 3.8) is 0 Å². The van der Waals surface area contributed by atoms with Crippen LogP contribution in [0, 0.1) is 0 Å². The van der Waals surface area contributed by atoms with Crippen LogP contribution in [-0.2, 0) is 13.2 Å². The Morgan fingerprint density at radius 3 is 2.61 bits per heavy atom. The highest BCUT2D eigenvalue weighted by atomic mass is 19.4. The van der Waals surface area contributed by atoms with Gasteiger partial charge in [-0.1, -0.05) is 0 Å². The second-order valence-electron chi connectivity index (χ2n) is 3.61. The molecule has 0 unspecified atom stereocenters. The molecule has 0 aromatic carbocycles. The van der Waals surface area contributed by atoms with Gasteiger partial charge in [-0.3, -0.25) is 9.78 Å². The minimum atomic E-state index is -4.60. The highest BCUT2D eigenvalue weighted by molar-refractivity contribution is 6.07. The highest BCUT2D eigenvalue weighted by Crippen LogP contribution is 2.32. The van der Waals surface area contributed by atoms with Crippen LogP contribution in [0.25, 0.3) is 0 Å². The third kappa shape index (κ3) is 2.11. The van der Waals surface area contributed by atoms with Gasteiger partial charge in [0.2, 0.25) is 5.78 Å². The molecular formula is C11H8F3N3O. The molecule has 2 rings (SSSR count). The molecular weight excluding hydrogens is 247 g/mol. The van der Waals surface area contributed by atoms with Gasteiger partial charge in [0.1, 0.15) is 0 Å². The van der Waals surface area contributed by atoms with Crippen LogP contribution in [0.2, 0.25) is 0 Å². The minimum Gasteiger partial charge on any atom is -0.331 e. The zero-order valence-electron chi connectivity index (χ0n) is 9.27. The molecule has 0 atom stereocenters. The fourth-order valence-corrected chi connectivity index (χ4v) is 1.53. The van der Waals surface area contributed by atoms with Gasteiger partial charge >= 0.3 is 6.18 Å². The van der Waals surface area contributed by atoms with E-state index in [2.05, 4.69) is 9.97 Å². The second-order valence-corrected chi connectivity index (χ2v) is 3.61. The number of nitrogens with zero attached hydrogens (tertiary/aromatic N) is 3. The van der Waals surface area contributed by atoms with E-state index in [1.54, 1.807) is 0 Å². The van der Waals surface area contributed by atoms with Crippen molar-refractivity contribution in [1.29, 1.82) is 0 Å². The Hall–Kier alpha value is -2.18. The van der Waals surface area contributed by atoms with Crippen molar-refractivity contribution in [2.45, 2.75) is 6.18 Å². The Bertz CT molecular complexity index is 589. The molecule has 0 aliphatic heterocycles. The SMILES string of the molecule is Cn1ccnc1C(=O)c1cnccc1C(F)(F)F. The number of rotatable bonds is 2. The maximum Gasteiger partial charge on any atom is 0.417 e. The lowest BCUT2D eigenvalue weighted by Crippen LogP contribution is -2.16. The van der Waals surface area contributed by atoms with Gasteiger partial charge < -0.3 is 4.57 Å². The van der Waals surface area contributed by atoms with Gasteiger partial charge in [-0.25, -0.2) is 4.98 Å². The van der Waals surface area contributed by atoms with Crippen molar-refractivity contribution in [3.8, 4) is 0 Å². The average Bonchev–Trinajstić information content (AvgIpc) is 2.73. The fourth-order valence-electron chi connectivity index (χ4n) is 1.53. The molecule has 0 N–H and O–H groups in total. The molecule has 0 saturated heterocycles. The van der Waals surface area contributed by atoms with E-state index in [1.165, 1.54) is 24.0 Å². The van der Waals surface area contributed by atoms with E-state index in [0.717, 1.165) is 18.5 Å². The Morgan fingerprint density at radius 2 is 2.06 bits per heavy atom. The number of hydrogen-bond donors (Lipinski definition) is 0. The van der Waals surface area contributed by atoms with Crippen LogP contribution in [0.1, 0.15) is 21.7 Å². The normalized spacial score (nSPS) is 11.6. The van der Waals surface area contributed by atoms with Gasteiger partial charge in [-0.15, -0.1) is 0 Å². The minimum absolute atomic E-state index is 0.0616. The van der Waals surface area contributed by atoms with Gasteiger partial charge in [0.25, 0.3) is 0 Å². The fraction of sp³-hybridized carbons (Fsp3) is 0.182. The van der Waals surface area contributed by atoms with Crippen molar-refractivity contribution in [2.24, 2.45) is 7.05 Å². The van der Waals surface area contributed by atoms with Crippen molar-refractivity contribution >= 4 is 5.78 Å². The van der Waals surface area contributed by atoms with E-state index < -0.39 is 23.1 Å². The van der Waals surface area contributed by atoms with Crippen LogP contribution in [0.15, 0.2) is 30.9 Å². The summed E-state index contributed by atoms with van der Waals surface area (Å²) in [5.41, 5.74) is -1.51. The average molecular weight is 255 g/mol. The number of alkyl halides is 3. The molecule has 0 amide bonds. The van der Waals surface area contributed by atoms with Gasteiger partial charge in [0, 0.05) is 31.8 Å². The second kappa shape index (κ2) is 4.25. The van der Waals surface area contributed by atoms with Crippen molar-refractivity contribution < 1.29 is 18.0 Å². The zero-order valence-corrected chi connectivity index (χ0v) is 9.27. The number of pyridine rings is 1. The quantitative estimate of drug-likeness (QED) is 0.772. The molecule has 2 aromatic heterocycles. The first-order valence-corrected chi connectivity index (χ1v) is 4.94. The van der Waals surface area contributed by atoms with Crippen LogP contribution in [-0.4, -0.2) is 20.3 Å². The van der Waals surface area contributed by atoms with E-state index in [1.807, 2.05) is 0 Å². The molecule has 7 heteroatoms. The molecule has 0 aliphatic carbocycles. The number of halogens is 3. The van der Waals surface area contributed by atoms with Crippen LogP contribution in [0.5, 0.6) is 0 Å². The molecule has 94 valence electrons. The Balaban J connectivity index is 2.53. The van der Waals surface area contributed by atoms with Crippen LogP contribution in [0.4, 0.5) is 13.2 Å². The summed E-state index contributed by atoms with van der Waals surface area (Å²) in [4.78, 5) is 19.3. The van der Waals surface area contributed by atoms with Crippen LogP contribution in [0.3, 0.4) is 0 Å². The van der Waals surface area contributed by atoms with Crippen molar-refractivity contribution in [2.75, 3.05) is 0 Å². The lowest BCUT2D eigenvalue weighted by molar-refractivity contribution is -0.137. The summed E-state index contributed by atoms with van der Waals surface area (Å²) in [6.45, 7) is 0. The summed E-state index contributed by atoms with van der Waals surface area (Å²) in [6, 6.07) is 0.774. The molecule has 0 aliphatic rings. The van der Waals surface area contributed by atoms with Crippen molar-refractivity contribution in [1.82, 2.24) is 14.5 Å². The predicted octanol–water partition coefficient (Wildman–Crippen LogP) is 2.06. The standard InChI is InChI=1S/C11H8F3N3O/c1-17-5-4-16-10(17)9(18)7-6-15-3-2-8(7)11(12,13)14/h2-6H,1H3. The number of imidazole rings is 1. The molecule has 0 bridgehead atoms. The molecule has 4 nitrogen and oxygen atoms in total. The highest BCUT2D eigenvalue weighted by Gasteiger charge is 2.36. The van der Waals surface area contributed by atoms with Gasteiger partial charge in [-0.05, 0) is 6.07 Å². The van der Waals surface area contributed by atoms with E-state index >= 15 is 0 Å². The van der Waals surface area contributed by atoms with Crippen molar-refractivity contribution in [3.05, 3.63) is 47.8 Å². The monoisotopic (exact) mass is 255 g/mol. The lowest BCUT2D eigenvalue weighted by atomic mass is 10.1. The number of aromatic nitrogens is 3. The number of ketones is 1. The first-order valence-electron chi connectivity index (χ1n) is 4.94. The summed E-state index contributed by atoms with van der Waals surface area (Å²) >= 11 is 0. The van der Waals surface area contributed by atoms with E-state index in [9.17, 15) is 18.0 Å². The van der Waals surface area contributed by atoms with Gasteiger partial charge in [-0.2, -0.15) is 13.2 Å². The van der Waals surface area contributed by atoms with Gasteiger partial charge in [0.05, 0.1) is 11.1 Å². The first-order chi connectivity index (χ1) is 8.41. The summed E-state index contributed by atoms with van der Waals surface area (Å²) in [7, 11) is 1.53. The molecule has 0 radical (unpaired) electrons. The Morgan fingerprint density at radius 1 is 1.33 bits per heavy atom. The van der Waals surface area contributed by atoms with E-state index in [0.29, 0.717) is 0 Å². The first kappa shape index (κ1) is 12.3. The topological polar surface area (TPSA) is 47.8 Å². The van der Waals surface area contributed by atoms with E-state index in [4.69, 9.17) is 0 Å². The Kier molecular flexibility index (Phi) is 2.90. The molecule has 0 spiro atoms. The maximum atomic E-state index is 12.7. The summed E-state index contributed by atoms with van der Waals surface area (Å²) in [6.07, 6.45) is 0.130.